The van der Waals surface area contributed by atoms with Gasteiger partial charge in [-0.2, -0.15) is 0 Å². The summed E-state index contributed by atoms with van der Waals surface area (Å²) in [6, 6.07) is 10.2. The van der Waals surface area contributed by atoms with Gasteiger partial charge in [0.1, 0.15) is 6.54 Å². The fourth-order valence-electron chi connectivity index (χ4n) is 2.52. The van der Waals surface area contributed by atoms with E-state index in [9.17, 15) is 19.5 Å². The van der Waals surface area contributed by atoms with Crippen LogP contribution in [0.3, 0.4) is 0 Å². The van der Waals surface area contributed by atoms with Crippen molar-refractivity contribution in [2.24, 2.45) is 0 Å². The Morgan fingerprint density at radius 3 is 2.66 bits per heavy atom. The fourth-order valence-corrected chi connectivity index (χ4v) is 4.20. The molecule has 1 fully saturated rings. The van der Waals surface area contributed by atoms with Gasteiger partial charge in [-0.05, 0) is 79.5 Å². The minimum atomic E-state index is -0.564. The van der Waals surface area contributed by atoms with Crippen molar-refractivity contribution in [3.8, 4) is 11.5 Å². The van der Waals surface area contributed by atoms with E-state index in [2.05, 4.69) is 37.2 Å². The van der Waals surface area contributed by atoms with Gasteiger partial charge in [0.05, 0.1) is 22.2 Å². The third-order valence-corrected chi connectivity index (χ3v) is 6.10. The molecule has 3 rings (SSSR count). The maximum absolute atomic E-state index is 12.6. The van der Waals surface area contributed by atoms with Crippen molar-refractivity contribution in [3.05, 3.63) is 55.8 Å². The van der Waals surface area contributed by atoms with Crippen LogP contribution in [-0.2, 0) is 9.59 Å². The van der Waals surface area contributed by atoms with Gasteiger partial charge in [-0.25, -0.2) is 0 Å². The monoisotopic (exact) mass is 540 g/mol. The molecular formula is C19H14Br2N2O5S. The number of halogens is 2. The quantitative estimate of drug-likeness (QED) is 0.537. The summed E-state index contributed by atoms with van der Waals surface area (Å²) in [7, 11) is 1.41. The molecule has 0 saturated carbocycles. The molecule has 1 aliphatic rings. The number of nitrogens with zero attached hydrogens (tertiary/aromatic N) is 1. The highest BCUT2D eigenvalue weighted by molar-refractivity contribution is 9.11. The van der Waals surface area contributed by atoms with Gasteiger partial charge in [0, 0.05) is 4.47 Å². The zero-order valence-electron chi connectivity index (χ0n) is 14.9. The SMILES string of the molecule is COc1cc(/C=C2/SC(=O)N(CC(=O)Nc3ccccc3Br)C2=O)cc(Br)c1O. The number of thioether (sulfide) groups is 1. The summed E-state index contributed by atoms with van der Waals surface area (Å²) in [5.41, 5.74) is 1.09. The molecule has 2 aromatic carbocycles. The average molecular weight is 542 g/mol. The van der Waals surface area contributed by atoms with Crippen molar-refractivity contribution in [2.75, 3.05) is 19.0 Å². The normalized spacial score (nSPS) is 15.1. The molecule has 0 bridgehead atoms. The molecule has 1 aliphatic heterocycles. The van der Waals surface area contributed by atoms with Gasteiger partial charge in [0.15, 0.2) is 11.5 Å². The first-order chi connectivity index (χ1) is 13.8. The van der Waals surface area contributed by atoms with Crippen molar-refractivity contribution in [1.82, 2.24) is 4.90 Å². The van der Waals surface area contributed by atoms with Crippen LogP contribution in [-0.4, -0.2) is 40.7 Å². The molecule has 2 aromatic rings. The van der Waals surface area contributed by atoms with E-state index in [-0.39, 0.29) is 16.4 Å². The van der Waals surface area contributed by atoms with Gasteiger partial charge in [0.2, 0.25) is 5.91 Å². The van der Waals surface area contributed by atoms with E-state index in [0.29, 0.717) is 20.2 Å². The molecule has 0 unspecified atom stereocenters. The number of carbonyl (C=O) groups excluding carboxylic acids is 3. The van der Waals surface area contributed by atoms with Crippen LogP contribution in [0.5, 0.6) is 11.5 Å². The summed E-state index contributed by atoms with van der Waals surface area (Å²) < 4.78 is 6.16. The van der Waals surface area contributed by atoms with E-state index >= 15 is 0 Å². The Hall–Kier alpha value is -2.30. The number of phenols is 1. The molecule has 10 heteroatoms. The van der Waals surface area contributed by atoms with E-state index in [4.69, 9.17) is 4.74 Å². The van der Waals surface area contributed by atoms with E-state index in [1.54, 1.807) is 30.3 Å². The number of phenolic OH excluding ortho intramolecular Hbond substituents is 1. The average Bonchev–Trinajstić information content (AvgIpc) is 2.93. The maximum Gasteiger partial charge on any atom is 0.294 e. The third-order valence-electron chi connectivity index (χ3n) is 3.89. The second kappa shape index (κ2) is 9.02. The molecule has 2 N–H and O–H groups in total. The summed E-state index contributed by atoms with van der Waals surface area (Å²) in [5, 5.41) is 12.0. The number of benzene rings is 2. The Balaban J connectivity index is 1.76. The molecule has 0 aromatic heterocycles. The number of para-hydroxylation sites is 1. The zero-order valence-corrected chi connectivity index (χ0v) is 18.9. The molecule has 29 heavy (non-hydrogen) atoms. The van der Waals surface area contributed by atoms with Gasteiger partial charge in [-0.1, -0.05) is 12.1 Å². The second-order valence-electron chi connectivity index (χ2n) is 5.85. The number of anilines is 1. The van der Waals surface area contributed by atoms with Crippen LogP contribution in [0.25, 0.3) is 6.08 Å². The lowest BCUT2D eigenvalue weighted by Gasteiger charge is -2.13. The fraction of sp³-hybridized carbons (Fsp3) is 0.105. The predicted octanol–water partition coefficient (Wildman–Crippen LogP) is 4.60. The Morgan fingerprint density at radius 2 is 1.97 bits per heavy atom. The molecule has 150 valence electrons. The highest BCUT2D eigenvalue weighted by Gasteiger charge is 2.36. The van der Waals surface area contributed by atoms with Gasteiger partial charge >= 0.3 is 0 Å². The zero-order chi connectivity index (χ0) is 21.1. The van der Waals surface area contributed by atoms with Crippen molar-refractivity contribution >= 4 is 72.4 Å². The summed E-state index contributed by atoms with van der Waals surface area (Å²) >= 11 is 7.28. The standard InChI is InChI=1S/C19H14Br2N2O5S/c1-28-14-7-10(6-12(21)17(14)25)8-15-18(26)23(19(27)29-15)9-16(24)22-13-5-3-2-4-11(13)20/h2-8,25H,9H2,1H3,(H,22,24)/b15-8+. The van der Waals surface area contributed by atoms with Crippen LogP contribution in [0.1, 0.15) is 5.56 Å². The number of nitrogens with one attached hydrogen (secondary N) is 1. The molecule has 0 spiro atoms. The number of rotatable bonds is 5. The lowest BCUT2D eigenvalue weighted by Crippen LogP contribution is -2.36. The van der Waals surface area contributed by atoms with E-state index in [1.807, 2.05) is 0 Å². The molecule has 1 saturated heterocycles. The van der Waals surface area contributed by atoms with Crippen molar-refractivity contribution in [3.63, 3.8) is 0 Å². The number of hydrogen-bond acceptors (Lipinski definition) is 6. The number of imide groups is 1. The van der Waals surface area contributed by atoms with Crippen LogP contribution < -0.4 is 10.1 Å². The Morgan fingerprint density at radius 1 is 1.24 bits per heavy atom. The number of ether oxygens (including phenoxy) is 1. The second-order valence-corrected chi connectivity index (χ2v) is 8.55. The number of hydrogen-bond donors (Lipinski definition) is 2. The minimum absolute atomic E-state index is 0.0681. The van der Waals surface area contributed by atoms with Crippen molar-refractivity contribution < 1.29 is 24.2 Å². The van der Waals surface area contributed by atoms with Gasteiger partial charge in [0.25, 0.3) is 11.1 Å². The van der Waals surface area contributed by atoms with Crippen LogP contribution in [0.4, 0.5) is 10.5 Å². The summed E-state index contributed by atoms with van der Waals surface area (Å²) in [4.78, 5) is 38.2. The first-order valence-electron chi connectivity index (χ1n) is 8.16. The molecular weight excluding hydrogens is 528 g/mol. The van der Waals surface area contributed by atoms with E-state index in [0.717, 1.165) is 16.7 Å². The van der Waals surface area contributed by atoms with Gasteiger partial charge in [-0.3, -0.25) is 19.3 Å². The van der Waals surface area contributed by atoms with E-state index < -0.39 is 23.6 Å². The molecule has 0 radical (unpaired) electrons. The van der Waals surface area contributed by atoms with Gasteiger partial charge in [-0.15, -0.1) is 0 Å². The molecule has 7 nitrogen and oxygen atoms in total. The number of methoxy groups -OCH3 is 1. The smallest absolute Gasteiger partial charge is 0.294 e. The van der Waals surface area contributed by atoms with Crippen molar-refractivity contribution in [1.29, 1.82) is 0 Å². The molecule has 3 amide bonds. The maximum atomic E-state index is 12.6. The first kappa shape index (κ1) is 21.4. The topological polar surface area (TPSA) is 95.9 Å². The number of aromatic hydroxyl groups is 1. The molecule has 1 heterocycles. The highest BCUT2D eigenvalue weighted by Crippen LogP contribution is 2.38. The van der Waals surface area contributed by atoms with Gasteiger partial charge < -0.3 is 15.2 Å². The first-order valence-corrected chi connectivity index (χ1v) is 10.6. The van der Waals surface area contributed by atoms with Crippen LogP contribution in [0.15, 0.2) is 50.2 Å². The summed E-state index contributed by atoms with van der Waals surface area (Å²) in [5.74, 6) is -0.904. The molecule has 0 atom stereocenters. The Kier molecular flexibility index (Phi) is 6.66. The third kappa shape index (κ3) is 4.82. The summed E-state index contributed by atoms with van der Waals surface area (Å²) in [6.07, 6.45) is 1.50. The molecule has 0 aliphatic carbocycles. The minimum Gasteiger partial charge on any atom is -0.503 e. The lowest BCUT2D eigenvalue weighted by atomic mass is 10.2. The highest BCUT2D eigenvalue weighted by atomic mass is 79.9. The van der Waals surface area contributed by atoms with Crippen LogP contribution in [0, 0.1) is 0 Å². The van der Waals surface area contributed by atoms with Crippen molar-refractivity contribution in [2.45, 2.75) is 0 Å². The number of carbonyl (C=O) groups is 3. The van der Waals surface area contributed by atoms with Crippen LogP contribution in [0.2, 0.25) is 0 Å². The van der Waals surface area contributed by atoms with Crippen LogP contribution >= 0.6 is 43.6 Å². The summed E-state index contributed by atoms with van der Waals surface area (Å²) in [6.45, 7) is -0.397. The lowest BCUT2D eigenvalue weighted by molar-refractivity contribution is -0.127. The largest absolute Gasteiger partial charge is 0.503 e. The van der Waals surface area contributed by atoms with E-state index in [1.165, 1.54) is 19.3 Å². The Bertz CT molecular complexity index is 1040. The number of amides is 3. The Labute approximate surface area is 187 Å². The predicted molar refractivity (Wildman–Crippen MR) is 118 cm³/mol.